The highest BCUT2D eigenvalue weighted by atomic mass is 79.9. The third-order valence-corrected chi connectivity index (χ3v) is 7.23. The van der Waals surface area contributed by atoms with Crippen LogP contribution in [0.15, 0.2) is 77.4 Å². The summed E-state index contributed by atoms with van der Waals surface area (Å²) in [4.78, 5) is 6.73. The Bertz CT molecular complexity index is 1370. The first-order valence-electron chi connectivity index (χ1n) is 11.1. The second-order valence-corrected chi connectivity index (χ2v) is 9.87. The summed E-state index contributed by atoms with van der Waals surface area (Å²) in [5, 5.41) is 4.09. The Morgan fingerprint density at radius 3 is 2.38 bits per heavy atom. The highest BCUT2D eigenvalue weighted by Gasteiger charge is 2.42. The van der Waals surface area contributed by atoms with Crippen molar-refractivity contribution in [2.75, 3.05) is 4.90 Å². The van der Waals surface area contributed by atoms with Crippen LogP contribution in [-0.2, 0) is 0 Å². The Morgan fingerprint density at radius 2 is 1.71 bits per heavy atom. The van der Waals surface area contributed by atoms with E-state index in [0.717, 1.165) is 38.5 Å². The zero-order chi connectivity index (χ0) is 24.0. The molecule has 4 nitrogen and oxygen atoms in total. The van der Waals surface area contributed by atoms with Gasteiger partial charge in [-0.1, -0.05) is 22.0 Å². The molecule has 1 saturated heterocycles. The monoisotopic (exact) mass is 534 g/mol. The molecule has 2 aromatic heterocycles. The Labute approximate surface area is 212 Å². The summed E-state index contributed by atoms with van der Waals surface area (Å²) in [6, 6.07) is 21.3. The van der Waals surface area contributed by atoms with E-state index in [2.05, 4.69) is 67.7 Å². The summed E-state index contributed by atoms with van der Waals surface area (Å²) in [6.07, 6.45) is 1.80. The average Bonchev–Trinajstić information content (AvgIpc) is 3.32. The van der Waals surface area contributed by atoms with Crippen molar-refractivity contribution >= 4 is 38.9 Å². The standard InChI is InChI=1S/C27H24BrFN4S/c1-16-14-21(11-12-23(16)29)33-26(25(31-27(33)34)24-6-4-5-13-30-24)22-15-17(2)32(18(22)3)20-9-7-19(28)8-10-20/h4-15,25-26H,1-3H3,(H,31,34)/t25-,26+/m0/s1. The van der Waals surface area contributed by atoms with E-state index in [1.54, 1.807) is 19.2 Å². The van der Waals surface area contributed by atoms with Crippen molar-refractivity contribution in [3.8, 4) is 5.69 Å². The minimum absolute atomic E-state index is 0.150. The van der Waals surface area contributed by atoms with Crippen molar-refractivity contribution in [2.45, 2.75) is 32.9 Å². The van der Waals surface area contributed by atoms with Crippen LogP contribution in [-0.4, -0.2) is 14.7 Å². The summed E-state index contributed by atoms with van der Waals surface area (Å²) < 4.78 is 17.4. The number of aryl methyl sites for hydroxylation is 2. The molecule has 0 amide bonds. The van der Waals surface area contributed by atoms with E-state index in [9.17, 15) is 4.39 Å². The minimum atomic E-state index is -0.229. The summed E-state index contributed by atoms with van der Waals surface area (Å²) in [6.45, 7) is 6.02. The molecule has 7 heteroatoms. The molecule has 5 rings (SSSR count). The van der Waals surface area contributed by atoms with Crippen molar-refractivity contribution in [1.82, 2.24) is 14.9 Å². The molecule has 1 aliphatic heterocycles. The van der Waals surface area contributed by atoms with E-state index in [0.29, 0.717) is 10.7 Å². The highest BCUT2D eigenvalue weighted by Crippen LogP contribution is 2.44. The zero-order valence-corrected chi connectivity index (χ0v) is 21.5. The normalized spacial score (nSPS) is 17.8. The third-order valence-electron chi connectivity index (χ3n) is 6.39. The molecule has 0 aliphatic carbocycles. The molecule has 0 spiro atoms. The lowest BCUT2D eigenvalue weighted by atomic mass is 9.96. The molecular formula is C27H24BrFN4S. The van der Waals surface area contributed by atoms with E-state index in [1.165, 1.54) is 6.07 Å². The van der Waals surface area contributed by atoms with Crippen LogP contribution in [0, 0.1) is 26.6 Å². The molecule has 0 radical (unpaired) electrons. The van der Waals surface area contributed by atoms with Gasteiger partial charge >= 0.3 is 0 Å². The smallest absolute Gasteiger partial charge is 0.174 e. The lowest BCUT2D eigenvalue weighted by Crippen LogP contribution is -2.29. The van der Waals surface area contributed by atoms with Gasteiger partial charge < -0.3 is 14.8 Å². The molecule has 4 aromatic rings. The van der Waals surface area contributed by atoms with Crippen LogP contribution in [0.2, 0.25) is 0 Å². The average molecular weight is 535 g/mol. The summed E-state index contributed by atoms with van der Waals surface area (Å²) >= 11 is 9.35. The van der Waals surface area contributed by atoms with Crippen LogP contribution in [0.25, 0.3) is 5.69 Å². The number of pyridine rings is 1. The molecule has 2 aromatic carbocycles. The zero-order valence-electron chi connectivity index (χ0n) is 19.1. The Hall–Kier alpha value is -3.03. The molecule has 1 N–H and O–H groups in total. The molecule has 34 heavy (non-hydrogen) atoms. The fourth-order valence-electron chi connectivity index (χ4n) is 4.80. The van der Waals surface area contributed by atoms with Crippen LogP contribution in [0.4, 0.5) is 10.1 Å². The van der Waals surface area contributed by atoms with Crippen LogP contribution in [0.5, 0.6) is 0 Å². The van der Waals surface area contributed by atoms with E-state index in [-0.39, 0.29) is 17.9 Å². The van der Waals surface area contributed by atoms with Gasteiger partial charge in [0, 0.05) is 33.4 Å². The molecule has 2 atom stereocenters. The van der Waals surface area contributed by atoms with Crippen molar-refractivity contribution in [2.24, 2.45) is 0 Å². The van der Waals surface area contributed by atoms with Gasteiger partial charge in [0.25, 0.3) is 0 Å². The SMILES string of the molecule is Cc1cc(N2C(=S)N[C@@H](c3ccccn3)[C@H]2c2cc(C)n(-c3ccc(Br)cc3)c2C)ccc1F. The molecule has 1 fully saturated rings. The lowest BCUT2D eigenvalue weighted by molar-refractivity contribution is 0.564. The van der Waals surface area contributed by atoms with Crippen molar-refractivity contribution in [3.05, 3.63) is 111 Å². The molecule has 0 saturated carbocycles. The summed E-state index contributed by atoms with van der Waals surface area (Å²) in [5.41, 5.74) is 6.84. The number of nitrogens with one attached hydrogen (secondary N) is 1. The van der Waals surface area contributed by atoms with Gasteiger partial charge in [-0.2, -0.15) is 0 Å². The van der Waals surface area contributed by atoms with Crippen LogP contribution in [0.1, 0.15) is 40.3 Å². The number of anilines is 1. The van der Waals surface area contributed by atoms with Crippen LogP contribution < -0.4 is 10.2 Å². The molecule has 0 unspecified atom stereocenters. The number of hydrogen-bond donors (Lipinski definition) is 1. The first-order valence-corrected chi connectivity index (χ1v) is 12.3. The topological polar surface area (TPSA) is 33.1 Å². The second kappa shape index (κ2) is 8.96. The minimum Gasteiger partial charge on any atom is -0.351 e. The van der Waals surface area contributed by atoms with Crippen LogP contribution >= 0.6 is 28.1 Å². The van der Waals surface area contributed by atoms with Gasteiger partial charge in [-0.15, -0.1) is 0 Å². The Kier molecular flexibility index (Phi) is 6.00. The lowest BCUT2D eigenvalue weighted by Gasteiger charge is -2.28. The molecular weight excluding hydrogens is 511 g/mol. The number of benzene rings is 2. The maximum absolute atomic E-state index is 14.1. The van der Waals surface area contributed by atoms with Crippen molar-refractivity contribution in [1.29, 1.82) is 0 Å². The maximum atomic E-state index is 14.1. The quantitative estimate of drug-likeness (QED) is 0.289. The van der Waals surface area contributed by atoms with Crippen molar-refractivity contribution in [3.63, 3.8) is 0 Å². The van der Waals surface area contributed by atoms with E-state index in [4.69, 9.17) is 12.2 Å². The van der Waals surface area contributed by atoms with Crippen molar-refractivity contribution < 1.29 is 4.39 Å². The predicted octanol–water partition coefficient (Wildman–Crippen LogP) is 6.88. The molecule has 1 aliphatic rings. The number of hydrogen-bond acceptors (Lipinski definition) is 2. The highest BCUT2D eigenvalue weighted by molar-refractivity contribution is 9.10. The summed E-state index contributed by atoms with van der Waals surface area (Å²) in [5.74, 6) is -0.229. The van der Waals surface area contributed by atoms with E-state index in [1.807, 2.05) is 36.4 Å². The van der Waals surface area contributed by atoms with Crippen LogP contribution in [0.3, 0.4) is 0 Å². The second-order valence-electron chi connectivity index (χ2n) is 8.57. The number of rotatable bonds is 4. The molecule has 3 heterocycles. The number of aromatic nitrogens is 2. The largest absolute Gasteiger partial charge is 0.351 e. The van der Waals surface area contributed by atoms with Gasteiger partial charge in [-0.25, -0.2) is 4.39 Å². The van der Waals surface area contributed by atoms with Gasteiger partial charge in [0.2, 0.25) is 0 Å². The number of halogens is 2. The molecule has 0 bridgehead atoms. The number of thiocarbonyl (C=S) groups is 1. The van der Waals surface area contributed by atoms with E-state index < -0.39 is 0 Å². The first kappa shape index (κ1) is 22.7. The maximum Gasteiger partial charge on any atom is 0.174 e. The molecule has 172 valence electrons. The van der Waals surface area contributed by atoms with Gasteiger partial charge in [0.05, 0.1) is 17.8 Å². The first-order chi connectivity index (χ1) is 16.3. The predicted molar refractivity (Wildman–Crippen MR) is 142 cm³/mol. The Morgan fingerprint density at radius 1 is 0.971 bits per heavy atom. The fourth-order valence-corrected chi connectivity index (χ4v) is 5.41. The summed E-state index contributed by atoms with van der Waals surface area (Å²) in [7, 11) is 0. The third kappa shape index (κ3) is 3.93. The van der Waals surface area contributed by atoms with E-state index >= 15 is 0 Å². The van der Waals surface area contributed by atoms with Gasteiger partial charge in [0.15, 0.2) is 5.11 Å². The number of nitrogens with zero attached hydrogens (tertiary/aromatic N) is 3. The fraction of sp³-hybridized carbons (Fsp3) is 0.185. The van der Waals surface area contributed by atoms with Gasteiger partial charge in [-0.3, -0.25) is 4.98 Å². The Balaban J connectivity index is 1.68. The van der Waals surface area contributed by atoms with Gasteiger partial charge in [-0.05, 0) is 105 Å². The van der Waals surface area contributed by atoms with Gasteiger partial charge in [0.1, 0.15) is 5.82 Å².